The van der Waals surface area contributed by atoms with Crippen molar-refractivity contribution in [1.29, 1.82) is 0 Å². The maximum atomic E-state index is 12.0. The molecule has 1 amide bonds. The molecule has 0 aliphatic carbocycles. The van der Waals surface area contributed by atoms with E-state index in [1.54, 1.807) is 25.1 Å². The molecule has 3 rings (SSSR count). The topological polar surface area (TPSA) is 72.2 Å². The number of amides is 1. The highest BCUT2D eigenvalue weighted by Gasteiger charge is 2.21. The molecule has 3 N–H and O–H groups in total. The Balaban J connectivity index is 0.000000200. The molecule has 0 aromatic heterocycles. The zero-order valence-electron chi connectivity index (χ0n) is 15.1. The second kappa shape index (κ2) is 10.7. The highest BCUT2D eigenvalue weighted by atomic mass is 35.5. The van der Waals surface area contributed by atoms with Gasteiger partial charge in [-0.15, -0.1) is 0 Å². The lowest BCUT2D eigenvalue weighted by atomic mass is 10.1. The number of hydrogen-bond donors (Lipinski definition) is 2. The van der Waals surface area contributed by atoms with Crippen LogP contribution in [0.5, 0.6) is 0 Å². The number of carbonyl (C=O) groups is 1. The normalized spacial score (nSPS) is 9.64. The van der Waals surface area contributed by atoms with Gasteiger partial charge >= 0.3 is 7.80 Å². The van der Waals surface area contributed by atoms with E-state index in [2.05, 4.69) is 17.5 Å². The van der Waals surface area contributed by atoms with Gasteiger partial charge in [0.2, 0.25) is 0 Å². The summed E-state index contributed by atoms with van der Waals surface area (Å²) in [6.45, 7) is 1.79. The molecule has 0 spiro atoms. The molecule has 0 unspecified atom stereocenters. The van der Waals surface area contributed by atoms with Gasteiger partial charge in [-0.1, -0.05) is 64.7 Å². The van der Waals surface area contributed by atoms with Gasteiger partial charge in [-0.05, 0) is 55.0 Å². The molecule has 0 atom stereocenters. The van der Waals surface area contributed by atoms with E-state index in [-0.39, 0.29) is 11.0 Å². The van der Waals surface area contributed by atoms with Crippen LogP contribution >= 0.6 is 31.6 Å². The van der Waals surface area contributed by atoms with Crippen LogP contribution in [0.15, 0.2) is 78.9 Å². The molecule has 0 radical (unpaired) electrons. The molecule has 0 saturated heterocycles. The summed E-state index contributed by atoms with van der Waals surface area (Å²) in [7, 11) is -1.42. The first kappa shape index (κ1) is 21.7. The van der Waals surface area contributed by atoms with Gasteiger partial charge < -0.3 is 5.73 Å². The van der Waals surface area contributed by atoms with Crippen LogP contribution in [0.2, 0.25) is 5.02 Å². The highest BCUT2D eigenvalue weighted by Crippen LogP contribution is 2.19. The molecule has 28 heavy (non-hydrogen) atoms. The fourth-order valence-electron chi connectivity index (χ4n) is 2.37. The first-order valence-corrected chi connectivity index (χ1v) is 10.4. The molecule has 3 aromatic carbocycles. The molecule has 0 saturated carbocycles. The molecule has 0 aliphatic rings. The molecular weight excluding hydrogens is 411 g/mol. The van der Waals surface area contributed by atoms with Crippen LogP contribution in [-0.2, 0) is 4.57 Å². The van der Waals surface area contributed by atoms with E-state index in [0.29, 0.717) is 10.6 Å². The molecule has 0 fully saturated rings. The van der Waals surface area contributed by atoms with E-state index in [1.807, 2.05) is 60.7 Å². The molecule has 4 nitrogen and oxygen atoms in total. The summed E-state index contributed by atoms with van der Waals surface area (Å²) >= 11 is 10.4. The number of benzene rings is 3. The Labute approximate surface area is 175 Å². The fourth-order valence-corrected chi connectivity index (χ4v) is 3.95. The third-order valence-electron chi connectivity index (χ3n) is 3.67. The maximum absolute atomic E-state index is 12.0. The number of rotatable bonds is 3. The van der Waals surface area contributed by atoms with Crippen LogP contribution in [0.25, 0.3) is 0 Å². The molecule has 142 valence electrons. The lowest BCUT2D eigenvalue weighted by molar-refractivity contribution is 0.0977. The summed E-state index contributed by atoms with van der Waals surface area (Å²) in [6, 6.07) is 24.3. The van der Waals surface area contributed by atoms with E-state index < -0.39 is 7.80 Å². The van der Waals surface area contributed by atoms with Crippen LogP contribution in [0.3, 0.4) is 0 Å². The summed E-state index contributed by atoms with van der Waals surface area (Å²) < 4.78 is 12.0. The quantitative estimate of drug-likeness (QED) is 0.486. The smallest absolute Gasteiger partial charge is 0.376 e. The largest absolute Gasteiger partial charge is 0.415 e. The lowest BCUT2D eigenvalue weighted by Crippen LogP contribution is -2.35. The SMILES string of the molecule is Cc1cccc(Cl)c1C(=O)NC(N)=S.O=[P+](c1ccccc1)c1ccccc1. The summed E-state index contributed by atoms with van der Waals surface area (Å²) in [5.41, 5.74) is 6.38. The predicted octanol–water partition coefficient (Wildman–Crippen LogP) is 4.09. The van der Waals surface area contributed by atoms with Crippen molar-refractivity contribution in [1.82, 2.24) is 5.32 Å². The van der Waals surface area contributed by atoms with E-state index in [0.717, 1.165) is 16.2 Å². The van der Waals surface area contributed by atoms with Crippen molar-refractivity contribution < 1.29 is 9.36 Å². The Hall–Kier alpha value is -2.59. The van der Waals surface area contributed by atoms with Crippen molar-refractivity contribution in [3.8, 4) is 0 Å². The molecule has 7 heteroatoms. The van der Waals surface area contributed by atoms with Gasteiger partial charge in [0.05, 0.1) is 10.6 Å². The van der Waals surface area contributed by atoms with Gasteiger partial charge in [-0.2, -0.15) is 0 Å². The van der Waals surface area contributed by atoms with Crippen LogP contribution in [0.4, 0.5) is 0 Å². The molecule has 3 aromatic rings. The van der Waals surface area contributed by atoms with Crippen LogP contribution in [0, 0.1) is 6.92 Å². The number of carbonyl (C=O) groups excluding carboxylic acids is 1. The van der Waals surface area contributed by atoms with Gasteiger partial charge in [0, 0.05) is 0 Å². The van der Waals surface area contributed by atoms with Gasteiger partial charge in [0.1, 0.15) is 0 Å². The summed E-state index contributed by atoms with van der Waals surface area (Å²) in [4.78, 5) is 11.5. The van der Waals surface area contributed by atoms with Crippen molar-refractivity contribution in [2.75, 3.05) is 0 Å². The summed E-state index contributed by atoms with van der Waals surface area (Å²) in [6.07, 6.45) is 0. The lowest BCUT2D eigenvalue weighted by Gasteiger charge is -2.07. The zero-order valence-corrected chi connectivity index (χ0v) is 17.6. The minimum atomic E-state index is -1.42. The fraction of sp³-hybridized carbons (Fsp3) is 0.0476. The Morgan fingerprint density at radius 2 is 1.43 bits per heavy atom. The van der Waals surface area contributed by atoms with Crippen molar-refractivity contribution in [2.24, 2.45) is 5.73 Å². The van der Waals surface area contributed by atoms with Gasteiger partial charge in [0.15, 0.2) is 15.7 Å². The van der Waals surface area contributed by atoms with Gasteiger partial charge in [-0.25, -0.2) is 0 Å². The highest BCUT2D eigenvalue weighted by molar-refractivity contribution is 7.80. The average molecular weight is 430 g/mol. The Morgan fingerprint density at radius 3 is 1.86 bits per heavy atom. The maximum Gasteiger partial charge on any atom is 0.415 e. The second-order valence-corrected chi connectivity index (χ2v) is 8.18. The van der Waals surface area contributed by atoms with E-state index >= 15 is 0 Å². The number of nitrogens with two attached hydrogens (primary N) is 1. The Kier molecular flexibility index (Phi) is 8.27. The summed E-state index contributed by atoms with van der Waals surface area (Å²) in [5, 5.41) is 4.42. The minimum Gasteiger partial charge on any atom is -0.376 e. The van der Waals surface area contributed by atoms with E-state index in [9.17, 15) is 9.36 Å². The Bertz CT molecular complexity index is 920. The number of thiocarbonyl (C=S) groups is 1. The number of hydrogen-bond acceptors (Lipinski definition) is 3. The summed E-state index contributed by atoms with van der Waals surface area (Å²) in [5.74, 6) is -0.374. The standard InChI is InChI=1S/C12H10OP.C9H9ClN2OS/c13-14(11-7-3-1-4-8-11)12-9-5-2-6-10-12;1-5-3-2-4-6(10)7(5)8(13)12-9(11)14/h1-10H;2-4H,1H3,(H3,11,12,13,14)/q+1;. The second-order valence-electron chi connectivity index (χ2n) is 5.72. The third kappa shape index (κ3) is 6.24. The molecule has 0 aliphatic heterocycles. The molecular formula is C21H19ClN2O2PS+. The van der Waals surface area contributed by atoms with Crippen LogP contribution in [0.1, 0.15) is 15.9 Å². The van der Waals surface area contributed by atoms with Crippen LogP contribution < -0.4 is 21.7 Å². The van der Waals surface area contributed by atoms with Crippen molar-refractivity contribution in [3.05, 3.63) is 95.0 Å². The monoisotopic (exact) mass is 429 g/mol. The van der Waals surface area contributed by atoms with Crippen molar-refractivity contribution in [3.63, 3.8) is 0 Å². The zero-order chi connectivity index (χ0) is 20.5. The first-order chi connectivity index (χ1) is 13.4. The average Bonchev–Trinajstić information content (AvgIpc) is 2.68. The minimum absolute atomic E-state index is 0.0608. The van der Waals surface area contributed by atoms with Gasteiger partial charge in [0.25, 0.3) is 5.91 Å². The van der Waals surface area contributed by atoms with Crippen LogP contribution in [-0.4, -0.2) is 11.0 Å². The van der Waals surface area contributed by atoms with E-state index in [1.165, 1.54) is 0 Å². The number of aryl methyl sites for hydroxylation is 1. The molecule has 0 heterocycles. The third-order valence-corrected chi connectivity index (χ3v) is 5.62. The van der Waals surface area contributed by atoms with E-state index in [4.69, 9.17) is 17.3 Å². The van der Waals surface area contributed by atoms with Gasteiger partial charge in [-0.3, -0.25) is 10.1 Å². The number of nitrogens with one attached hydrogen (secondary N) is 1. The van der Waals surface area contributed by atoms with Crippen molar-refractivity contribution in [2.45, 2.75) is 6.92 Å². The molecule has 0 bridgehead atoms. The Morgan fingerprint density at radius 1 is 0.929 bits per heavy atom. The predicted molar refractivity (Wildman–Crippen MR) is 120 cm³/mol. The first-order valence-electron chi connectivity index (χ1n) is 8.33. The number of halogens is 1. The van der Waals surface area contributed by atoms with Crippen molar-refractivity contribution >= 4 is 53.2 Å².